The summed E-state index contributed by atoms with van der Waals surface area (Å²) in [6, 6.07) is 0. The van der Waals surface area contributed by atoms with E-state index in [-0.39, 0.29) is 0 Å². The third-order valence-corrected chi connectivity index (χ3v) is 2.93. The van der Waals surface area contributed by atoms with Crippen LogP contribution >= 0.6 is 11.8 Å². The summed E-state index contributed by atoms with van der Waals surface area (Å²) in [6.07, 6.45) is 1.23. The summed E-state index contributed by atoms with van der Waals surface area (Å²) in [7, 11) is 0. The Bertz CT molecular complexity index is 77.0. The fourth-order valence-electron chi connectivity index (χ4n) is 0.891. The van der Waals surface area contributed by atoms with Crippen LogP contribution in [0.1, 0.15) is 20.3 Å². The largest absolute Gasteiger partial charge is 0.367 e. The molecule has 0 unspecified atom stereocenters. The van der Waals surface area contributed by atoms with E-state index in [4.69, 9.17) is 4.74 Å². The van der Waals surface area contributed by atoms with E-state index in [1.54, 1.807) is 0 Å². The number of hydrogen-bond donors (Lipinski definition) is 0. The SMILES string of the molecule is CC(C)[C@H]1OCCCS1. The monoisotopic (exact) mass is 146 g/mol. The molecule has 1 aliphatic rings. The van der Waals surface area contributed by atoms with Crippen LogP contribution in [0.25, 0.3) is 0 Å². The van der Waals surface area contributed by atoms with Crippen molar-refractivity contribution in [3.8, 4) is 0 Å². The average Bonchev–Trinajstić information content (AvgIpc) is 1.90. The molecule has 1 rings (SSSR count). The van der Waals surface area contributed by atoms with Crippen LogP contribution in [0.4, 0.5) is 0 Å². The van der Waals surface area contributed by atoms with Gasteiger partial charge in [-0.3, -0.25) is 0 Å². The van der Waals surface area contributed by atoms with Crippen LogP contribution in [0.5, 0.6) is 0 Å². The van der Waals surface area contributed by atoms with Gasteiger partial charge < -0.3 is 4.74 Å². The van der Waals surface area contributed by atoms with Gasteiger partial charge >= 0.3 is 0 Å². The van der Waals surface area contributed by atoms with Gasteiger partial charge in [0.2, 0.25) is 0 Å². The fraction of sp³-hybridized carbons (Fsp3) is 1.00. The minimum atomic E-state index is 0.471. The molecule has 1 aliphatic heterocycles. The summed E-state index contributed by atoms with van der Waals surface area (Å²) >= 11 is 1.95. The van der Waals surface area contributed by atoms with Gasteiger partial charge in [-0.25, -0.2) is 0 Å². The first kappa shape index (κ1) is 7.42. The minimum absolute atomic E-state index is 0.471. The van der Waals surface area contributed by atoms with Crippen molar-refractivity contribution in [1.82, 2.24) is 0 Å². The second-order valence-corrected chi connectivity index (χ2v) is 3.91. The van der Waals surface area contributed by atoms with Crippen molar-refractivity contribution >= 4 is 11.8 Å². The molecular formula is C7H14OS. The zero-order valence-corrected chi connectivity index (χ0v) is 6.91. The van der Waals surface area contributed by atoms with Gasteiger partial charge in [0.25, 0.3) is 0 Å². The molecule has 1 fully saturated rings. The molecule has 0 amide bonds. The normalized spacial score (nSPS) is 29.0. The first-order valence-electron chi connectivity index (χ1n) is 3.54. The Morgan fingerprint density at radius 2 is 2.33 bits per heavy atom. The topological polar surface area (TPSA) is 9.23 Å². The molecule has 0 aliphatic carbocycles. The zero-order valence-electron chi connectivity index (χ0n) is 6.09. The second-order valence-electron chi connectivity index (χ2n) is 2.71. The lowest BCUT2D eigenvalue weighted by atomic mass is 10.2. The van der Waals surface area contributed by atoms with Gasteiger partial charge in [-0.05, 0) is 18.1 Å². The quantitative estimate of drug-likeness (QED) is 0.560. The van der Waals surface area contributed by atoms with Crippen molar-refractivity contribution in [3.63, 3.8) is 0 Å². The van der Waals surface area contributed by atoms with Crippen LogP contribution in [0.2, 0.25) is 0 Å². The van der Waals surface area contributed by atoms with E-state index in [2.05, 4.69) is 13.8 Å². The van der Waals surface area contributed by atoms with E-state index in [1.165, 1.54) is 12.2 Å². The molecule has 1 atom stereocenters. The highest BCUT2D eigenvalue weighted by atomic mass is 32.2. The highest BCUT2D eigenvalue weighted by molar-refractivity contribution is 7.99. The summed E-state index contributed by atoms with van der Waals surface area (Å²) in [4.78, 5) is 0. The summed E-state index contributed by atoms with van der Waals surface area (Å²) in [5.41, 5.74) is 0.471. The van der Waals surface area contributed by atoms with Crippen LogP contribution in [0, 0.1) is 5.92 Å². The Balaban J connectivity index is 2.23. The van der Waals surface area contributed by atoms with Gasteiger partial charge in [-0.1, -0.05) is 13.8 Å². The maximum absolute atomic E-state index is 5.50. The van der Waals surface area contributed by atoms with E-state index >= 15 is 0 Å². The van der Waals surface area contributed by atoms with Crippen LogP contribution in [-0.2, 0) is 4.74 Å². The van der Waals surface area contributed by atoms with Gasteiger partial charge in [-0.15, -0.1) is 11.8 Å². The second kappa shape index (κ2) is 3.47. The van der Waals surface area contributed by atoms with Gasteiger partial charge in [0.1, 0.15) is 5.44 Å². The lowest BCUT2D eigenvalue weighted by molar-refractivity contribution is 0.0775. The molecule has 0 N–H and O–H groups in total. The van der Waals surface area contributed by atoms with Crippen LogP contribution < -0.4 is 0 Å². The molecule has 0 aromatic rings. The van der Waals surface area contributed by atoms with Crippen LogP contribution in [-0.4, -0.2) is 17.8 Å². The molecule has 1 nitrogen and oxygen atoms in total. The Labute approximate surface area is 61.2 Å². The molecule has 0 radical (unpaired) electrons. The highest BCUT2D eigenvalue weighted by Crippen LogP contribution is 2.25. The molecule has 0 aromatic carbocycles. The van der Waals surface area contributed by atoms with Gasteiger partial charge in [-0.2, -0.15) is 0 Å². The van der Waals surface area contributed by atoms with Gasteiger partial charge in [0, 0.05) is 6.61 Å². The average molecular weight is 146 g/mol. The molecule has 2 heteroatoms. The lowest BCUT2D eigenvalue weighted by Crippen LogP contribution is -2.21. The Kier molecular flexibility index (Phi) is 2.86. The van der Waals surface area contributed by atoms with Crippen molar-refractivity contribution < 1.29 is 4.74 Å². The molecule has 1 saturated heterocycles. The van der Waals surface area contributed by atoms with Gasteiger partial charge in [0.15, 0.2) is 0 Å². The van der Waals surface area contributed by atoms with Crippen LogP contribution in [0.15, 0.2) is 0 Å². The van der Waals surface area contributed by atoms with Crippen molar-refractivity contribution in [2.45, 2.75) is 25.7 Å². The molecule has 9 heavy (non-hydrogen) atoms. The van der Waals surface area contributed by atoms with E-state index in [1.807, 2.05) is 11.8 Å². The Hall–Kier alpha value is 0.310. The first-order valence-corrected chi connectivity index (χ1v) is 4.59. The Morgan fingerprint density at radius 3 is 2.67 bits per heavy atom. The summed E-state index contributed by atoms with van der Waals surface area (Å²) in [6.45, 7) is 5.39. The number of ether oxygens (including phenoxy) is 1. The number of thioether (sulfide) groups is 1. The number of hydrogen-bond acceptors (Lipinski definition) is 2. The van der Waals surface area contributed by atoms with E-state index < -0.39 is 0 Å². The maximum atomic E-state index is 5.50. The summed E-state index contributed by atoms with van der Waals surface area (Å²) in [5.74, 6) is 1.96. The molecule has 0 saturated carbocycles. The van der Waals surface area contributed by atoms with Crippen molar-refractivity contribution in [2.75, 3.05) is 12.4 Å². The predicted molar refractivity (Wildman–Crippen MR) is 41.7 cm³/mol. The number of rotatable bonds is 1. The third kappa shape index (κ3) is 2.18. The maximum Gasteiger partial charge on any atom is 0.105 e. The predicted octanol–water partition coefficient (Wildman–Crippen LogP) is 2.12. The summed E-state index contributed by atoms with van der Waals surface area (Å²) < 4.78 is 5.50. The zero-order chi connectivity index (χ0) is 6.69. The third-order valence-electron chi connectivity index (χ3n) is 1.40. The minimum Gasteiger partial charge on any atom is -0.367 e. The highest BCUT2D eigenvalue weighted by Gasteiger charge is 2.16. The fourth-order valence-corrected chi connectivity index (χ4v) is 1.99. The Morgan fingerprint density at radius 1 is 1.56 bits per heavy atom. The molecule has 1 heterocycles. The lowest BCUT2D eigenvalue weighted by Gasteiger charge is -2.24. The van der Waals surface area contributed by atoms with E-state index in [0.29, 0.717) is 11.4 Å². The molecule has 0 spiro atoms. The smallest absolute Gasteiger partial charge is 0.105 e. The molecule has 0 aromatic heterocycles. The standard InChI is InChI=1S/C7H14OS/c1-6(2)7-8-4-3-5-9-7/h6-7H,3-5H2,1-2H3/t7-/m0/s1. The van der Waals surface area contributed by atoms with Crippen molar-refractivity contribution in [2.24, 2.45) is 5.92 Å². The molecular weight excluding hydrogens is 132 g/mol. The van der Waals surface area contributed by atoms with Crippen molar-refractivity contribution in [1.29, 1.82) is 0 Å². The summed E-state index contributed by atoms with van der Waals surface area (Å²) in [5, 5.41) is 0. The van der Waals surface area contributed by atoms with Gasteiger partial charge in [0.05, 0.1) is 0 Å². The first-order chi connectivity index (χ1) is 4.30. The van der Waals surface area contributed by atoms with Crippen LogP contribution in [0.3, 0.4) is 0 Å². The molecule has 54 valence electrons. The van der Waals surface area contributed by atoms with E-state index in [9.17, 15) is 0 Å². The molecule has 0 bridgehead atoms. The van der Waals surface area contributed by atoms with Crippen molar-refractivity contribution in [3.05, 3.63) is 0 Å². The van der Waals surface area contributed by atoms with E-state index in [0.717, 1.165) is 6.61 Å².